The van der Waals surface area contributed by atoms with Gasteiger partial charge in [-0.1, -0.05) is 35.8 Å². The Morgan fingerprint density at radius 1 is 1.14 bits per heavy atom. The second-order valence-electron chi connectivity index (χ2n) is 9.84. The molecular formula is C26H28BFN3O4. The molecule has 6 rings (SSSR count). The third-order valence-electron chi connectivity index (χ3n) is 7.57. The average molecular weight is 476 g/mol. The van der Waals surface area contributed by atoms with E-state index in [0.29, 0.717) is 23.0 Å². The Hall–Kier alpha value is -2.88. The summed E-state index contributed by atoms with van der Waals surface area (Å²) in [5, 5.41) is 11.0. The molecule has 0 spiro atoms. The summed E-state index contributed by atoms with van der Waals surface area (Å²) in [7, 11) is 5.05. The maximum absolute atomic E-state index is 15.7. The molecule has 3 fully saturated rings. The molecule has 9 heteroatoms. The van der Waals surface area contributed by atoms with E-state index >= 15 is 4.39 Å². The summed E-state index contributed by atoms with van der Waals surface area (Å²) in [4.78, 5) is 17.9. The van der Waals surface area contributed by atoms with Crippen LogP contribution in [0.25, 0.3) is 10.9 Å². The van der Waals surface area contributed by atoms with Gasteiger partial charge >= 0.3 is 7.48 Å². The summed E-state index contributed by atoms with van der Waals surface area (Å²) in [6.07, 6.45) is 3.06. The van der Waals surface area contributed by atoms with Crippen LogP contribution in [0.4, 0.5) is 10.1 Å². The van der Waals surface area contributed by atoms with Gasteiger partial charge in [-0.15, -0.1) is 0 Å². The van der Waals surface area contributed by atoms with Gasteiger partial charge in [-0.3, -0.25) is 9.69 Å². The van der Waals surface area contributed by atoms with Crippen LogP contribution < -0.4 is 20.5 Å². The second-order valence-corrected chi connectivity index (χ2v) is 9.84. The lowest BCUT2D eigenvalue weighted by Crippen LogP contribution is -2.45. The van der Waals surface area contributed by atoms with Gasteiger partial charge in [0.05, 0.1) is 23.6 Å². The molecule has 1 saturated carbocycles. The molecule has 2 aliphatic heterocycles. The molecule has 1 N–H and O–H groups in total. The third kappa shape index (κ3) is 3.82. The van der Waals surface area contributed by atoms with Gasteiger partial charge < -0.3 is 24.0 Å². The van der Waals surface area contributed by atoms with Crippen molar-refractivity contribution in [2.45, 2.75) is 43.7 Å². The SMILES string of the molecule is COc1c(N2C[C@H]3C[C@H]2CN3C)c(F)cc2c(=O)c(C(O)O[B]c3ccccc3)cn(C3CC3)c12. The molecule has 3 aromatic rings. The molecule has 2 saturated heterocycles. The Morgan fingerprint density at radius 3 is 2.54 bits per heavy atom. The number of anilines is 1. The summed E-state index contributed by atoms with van der Waals surface area (Å²) in [6, 6.07) is 11.3. The fourth-order valence-electron chi connectivity index (χ4n) is 5.63. The number of pyridine rings is 1. The van der Waals surface area contributed by atoms with Crippen molar-refractivity contribution in [2.24, 2.45) is 0 Å². The van der Waals surface area contributed by atoms with E-state index in [-0.39, 0.29) is 23.0 Å². The van der Waals surface area contributed by atoms with Gasteiger partial charge in [0.15, 0.2) is 23.3 Å². The van der Waals surface area contributed by atoms with Gasteiger partial charge in [-0.2, -0.15) is 0 Å². The summed E-state index contributed by atoms with van der Waals surface area (Å²) in [5.41, 5.74) is 1.38. The molecule has 0 amide bonds. The van der Waals surface area contributed by atoms with Crippen LogP contribution >= 0.6 is 0 Å². The lowest BCUT2D eigenvalue weighted by atomic mass is 9.88. The number of rotatable bonds is 7. The Balaban J connectivity index is 1.44. The Kier molecular flexibility index (Phi) is 5.58. The van der Waals surface area contributed by atoms with Crippen LogP contribution in [0, 0.1) is 5.82 Å². The Labute approximate surface area is 203 Å². The molecule has 2 aromatic carbocycles. The van der Waals surface area contributed by atoms with Crippen molar-refractivity contribution in [3.8, 4) is 5.75 Å². The molecule has 1 unspecified atom stereocenters. The number of fused-ring (bicyclic) bond motifs is 3. The van der Waals surface area contributed by atoms with E-state index in [1.165, 1.54) is 20.7 Å². The zero-order chi connectivity index (χ0) is 24.3. The molecule has 181 valence electrons. The van der Waals surface area contributed by atoms with E-state index in [2.05, 4.69) is 16.8 Å². The highest BCUT2D eigenvalue weighted by Gasteiger charge is 2.44. The van der Waals surface area contributed by atoms with Crippen molar-refractivity contribution in [1.82, 2.24) is 9.47 Å². The number of ether oxygens (including phenoxy) is 1. The molecule has 2 bridgehead atoms. The third-order valence-corrected chi connectivity index (χ3v) is 7.57. The molecule has 3 atom stereocenters. The molecule has 7 nitrogen and oxygen atoms in total. The maximum Gasteiger partial charge on any atom is 0.333 e. The van der Waals surface area contributed by atoms with Crippen LogP contribution in [-0.2, 0) is 4.65 Å². The minimum absolute atomic E-state index is 0.0765. The first kappa shape index (κ1) is 22.6. The van der Waals surface area contributed by atoms with Gasteiger partial charge in [0.2, 0.25) is 0 Å². The number of aliphatic hydroxyl groups excluding tert-OH is 1. The average Bonchev–Trinajstić information content (AvgIpc) is 3.54. The number of hydrogen-bond acceptors (Lipinski definition) is 6. The number of likely N-dealkylation sites (N-methyl/N-ethyl adjacent to an activating group) is 1. The summed E-state index contributed by atoms with van der Waals surface area (Å²) >= 11 is 0. The normalized spacial score (nSPS) is 22.7. The lowest BCUT2D eigenvalue weighted by molar-refractivity contribution is -0.0171. The topological polar surface area (TPSA) is 67.2 Å². The number of aromatic nitrogens is 1. The number of benzene rings is 2. The van der Waals surface area contributed by atoms with Gasteiger partial charge in [-0.05, 0) is 32.4 Å². The van der Waals surface area contributed by atoms with E-state index in [9.17, 15) is 9.90 Å². The molecule has 3 heterocycles. The van der Waals surface area contributed by atoms with E-state index in [0.717, 1.165) is 37.8 Å². The van der Waals surface area contributed by atoms with Crippen molar-refractivity contribution in [3.05, 3.63) is 64.2 Å². The van der Waals surface area contributed by atoms with Crippen LogP contribution in [0.15, 0.2) is 47.4 Å². The quantitative estimate of drug-likeness (QED) is 0.417. The lowest BCUT2D eigenvalue weighted by Gasteiger charge is -2.35. The largest absolute Gasteiger partial charge is 0.492 e. The van der Waals surface area contributed by atoms with Crippen molar-refractivity contribution < 1.29 is 18.9 Å². The van der Waals surface area contributed by atoms with E-state index in [4.69, 9.17) is 9.39 Å². The summed E-state index contributed by atoms with van der Waals surface area (Å²) < 4.78 is 29.0. The smallest absolute Gasteiger partial charge is 0.333 e. The molecule has 1 radical (unpaired) electrons. The molecule has 35 heavy (non-hydrogen) atoms. The Bertz CT molecular complexity index is 1330. The number of hydrogen-bond donors (Lipinski definition) is 1. The van der Waals surface area contributed by atoms with Crippen LogP contribution in [0.1, 0.15) is 37.2 Å². The van der Waals surface area contributed by atoms with Crippen LogP contribution in [0.3, 0.4) is 0 Å². The van der Waals surface area contributed by atoms with Crippen LogP contribution in [-0.4, -0.2) is 61.4 Å². The number of methoxy groups -OCH3 is 1. The minimum atomic E-state index is -1.48. The van der Waals surface area contributed by atoms with Crippen LogP contribution in [0.2, 0.25) is 0 Å². The first-order chi connectivity index (χ1) is 17.0. The van der Waals surface area contributed by atoms with Crippen molar-refractivity contribution in [1.29, 1.82) is 0 Å². The first-order valence-corrected chi connectivity index (χ1v) is 12.1. The predicted molar refractivity (Wildman–Crippen MR) is 133 cm³/mol. The number of nitrogens with zero attached hydrogens (tertiary/aromatic N) is 3. The monoisotopic (exact) mass is 476 g/mol. The second kappa shape index (κ2) is 8.66. The highest BCUT2D eigenvalue weighted by atomic mass is 19.1. The highest BCUT2D eigenvalue weighted by molar-refractivity contribution is 6.46. The fraction of sp³-hybridized carbons (Fsp3) is 0.423. The number of aliphatic hydroxyl groups is 1. The van der Waals surface area contributed by atoms with Gasteiger partial charge in [-0.25, -0.2) is 4.39 Å². The maximum atomic E-state index is 15.7. The van der Waals surface area contributed by atoms with E-state index < -0.39 is 17.5 Å². The molecule has 1 aromatic heterocycles. The number of halogens is 1. The predicted octanol–water partition coefficient (Wildman–Crippen LogP) is 2.33. The standard InChI is InChI=1S/C26H28BFN3O4/c1-29-12-18-10-17(29)13-30(18)23-21(28)11-19-22(25(23)34-2)31(16-8-9-16)14-20(24(19)32)26(33)35-27-15-6-4-3-5-7-15/h3-7,11,14,16-18,26,33H,8-10,12-13H2,1-2H3/t17-,18+,26?/m1/s1. The first-order valence-electron chi connectivity index (χ1n) is 12.1. The minimum Gasteiger partial charge on any atom is -0.492 e. The van der Waals surface area contributed by atoms with Gasteiger partial charge in [0, 0.05) is 37.4 Å². The van der Waals surface area contributed by atoms with Crippen molar-refractivity contribution in [2.75, 3.05) is 32.1 Å². The van der Waals surface area contributed by atoms with E-state index in [1.54, 1.807) is 6.20 Å². The molecular weight excluding hydrogens is 448 g/mol. The van der Waals surface area contributed by atoms with Gasteiger partial charge in [0.1, 0.15) is 5.69 Å². The van der Waals surface area contributed by atoms with Crippen LogP contribution in [0.5, 0.6) is 5.75 Å². The fourth-order valence-corrected chi connectivity index (χ4v) is 5.63. The molecule has 3 aliphatic rings. The summed E-state index contributed by atoms with van der Waals surface area (Å²) in [5.74, 6) is -0.0931. The highest BCUT2D eigenvalue weighted by Crippen LogP contribution is 2.46. The van der Waals surface area contributed by atoms with Crippen molar-refractivity contribution in [3.63, 3.8) is 0 Å². The zero-order valence-corrected chi connectivity index (χ0v) is 19.9. The number of likely N-dealkylation sites (tertiary alicyclic amines) is 1. The molecule has 1 aliphatic carbocycles. The number of piperazine rings is 1. The van der Waals surface area contributed by atoms with Gasteiger partial charge in [0.25, 0.3) is 0 Å². The van der Waals surface area contributed by atoms with Crippen molar-refractivity contribution >= 4 is 29.5 Å². The summed E-state index contributed by atoms with van der Waals surface area (Å²) in [6.45, 7) is 1.61. The Morgan fingerprint density at radius 2 is 1.91 bits per heavy atom. The van der Waals surface area contributed by atoms with E-state index in [1.807, 2.05) is 34.9 Å². The zero-order valence-electron chi connectivity index (χ0n) is 19.9.